The van der Waals surface area contributed by atoms with E-state index in [2.05, 4.69) is 15.5 Å². The first kappa shape index (κ1) is 23.9. The van der Waals surface area contributed by atoms with Crippen molar-refractivity contribution in [1.29, 1.82) is 0 Å². The van der Waals surface area contributed by atoms with Crippen molar-refractivity contribution < 1.29 is 14.3 Å². The van der Waals surface area contributed by atoms with Gasteiger partial charge in [0.2, 0.25) is 0 Å². The van der Waals surface area contributed by atoms with Crippen molar-refractivity contribution in [1.82, 2.24) is 10.4 Å². The van der Waals surface area contributed by atoms with Crippen LogP contribution in [-0.2, 0) is 6.61 Å². The molecule has 0 fully saturated rings. The molecular formula is C21H16Cl4N4O3. The lowest BCUT2D eigenvalue weighted by atomic mass is 10.1. The summed E-state index contributed by atoms with van der Waals surface area (Å²) in [5.74, 6) is 0.604. The minimum absolute atomic E-state index is 0.0247. The van der Waals surface area contributed by atoms with E-state index in [1.807, 2.05) is 6.07 Å². The van der Waals surface area contributed by atoms with Crippen LogP contribution in [-0.4, -0.2) is 24.2 Å². The first-order chi connectivity index (χ1) is 15.3. The SMILES string of the molecule is COc1ccc(C=NNC(=O)c2nc(Cl)c(Cl)c(N)c2Cl)cc1COc1ccc(Cl)cc1. The van der Waals surface area contributed by atoms with Crippen molar-refractivity contribution in [3.63, 3.8) is 0 Å². The number of halogens is 4. The molecule has 166 valence electrons. The minimum atomic E-state index is -0.698. The van der Waals surface area contributed by atoms with Crippen LogP contribution in [0.5, 0.6) is 11.5 Å². The van der Waals surface area contributed by atoms with E-state index in [-0.39, 0.29) is 33.2 Å². The number of hydrogen-bond acceptors (Lipinski definition) is 6. The van der Waals surface area contributed by atoms with Gasteiger partial charge in [-0.2, -0.15) is 5.10 Å². The molecule has 1 heterocycles. The number of anilines is 1. The highest BCUT2D eigenvalue weighted by Gasteiger charge is 2.19. The van der Waals surface area contributed by atoms with Gasteiger partial charge in [-0.25, -0.2) is 10.4 Å². The van der Waals surface area contributed by atoms with Gasteiger partial charge in [0.15, 0.2) is 10.8 Å². The van der Waals surface area contributed by atoms with Crippen LogP contribution in [0.3, 0.4) is 0 Å². The zero-order chi connectivity index (χ0) is 23.3. The van der Waals surface area contributed by atoms with E-state index in [0.29, 0.717) is 22.1 Å². The number of methoxy groups -OCH3 is 1. The summed E-state index contributed by atoms with van der Waals surface area (Å²) >= 11 is 23.6. The van der Waals surface area contributed by atoms with Gasteiger partial charge < -0.3 is 15.2 Å². The normalized spacial score (nSPS) is 10.9. The second kappa shape index (κ2) is 10.7. The highest BCUT2D eigenvalue weighted by atomic mass is 35.5. The average molecular weight is 514 g/mol. The first-order valence-corrected chi connectivity index (χ1v) is 10.5. The molecule has 0 saturated carbocycles. The molecular weight excluding hydrogens is 498 g/mol. The Hall–Kier alpha value is -2.71. The van der Waals surface area contributed by atoms with Gasteiger partial charge in [-0.1, -0.05) is 46.4 Å². The molecule has 3 aromatic rings. The number of amides is 1. The van der Waals surface area contributed by atoms with Gasteiger partial charge in [0.25, 0.3) is 5.91 Å². The Morgan fingerprint density at radius 3 is 2.53 bits per heavy atom. The number of aromatic nitrogens is 1. The number of nitrogen functional groups attached to an aromatic ring is 1. The molecule has 11 heteroatoms. The summed E-state index contributed by atoms with van der Waals surface area (Å²) in [5, 5.41) is 4.28. The number of carbonyl (C=O) groups is 1. The fourth-order valence-electron chi connectivity index (χ4n) is 2.58. The van der Waals surface area contributed by atoms with Gasteiger partial charge in [0.1, 0.15) is 23.1 Å². The summed E-state index contributed by atoms with van der Waals surface area (Å²) < 4.78 is 11.2. The Morgan fingerprint density at radius 1 is 1.12 bits per heavy atom. The van der Waals surface area contributed by atoms with Gasteiger partial charge in [0, 0.05) is 10.6 Å². The topological polar surface area (TPSA) is 98.8 Å². The molecule has 3 N–H and O–H groups in total. The number of rotatable bonds is 7. The van der Waals surface area contributed by atoms with Gasteiger partial charge in [0.05, 0.1) is 24.0 Å². The number of nitrogens with zero attached hydrogens (tertiary/aromatic N) is 2. The maximum atomic E-state index is 12.3. The van der Waals surface area contributed by atoms with Crippen LogP contribution in [0.25, 0.3) is 0 Å². The van der Waals surface area contributed by atoms with Gasteiger partial charge in [-0.05, 0) is 48.0 Å². The quantitative estimate of drug-likeness (QED) is 0.242. The summed E-state index contributed by atoms with van der Waals surface area (Å²) in [6.07, 6.45) is 1.44. The van der Waals surface area contributed by atoms with Crippen LogP contribution in [0.1, 0.15) is 21.6 Å². The summed E-state index contributed by atoms with van der Waals surface area (Å²) in [5.41, 5.74) is 9.29. The molecule has 1 aromatic heterocycles. The van der Waals surface area contributed by atoms with Gasteiger partial charge in [-0.3, -0.25) is 4.79 Å². The lowest BCUT2D eigenvalue weighted by molar-refractivity contribution is 0.0950. The number of ether oxygens (including phenoxy) is 2. The molecule has 0 aliphatic carbocycles. The Morgan fingerprint density at radius 2 is 1.84 bits per heavy atom. The fourth-order valence-corrected chi connectivity index (χ4v) is 3.30. The van der Waals surface area contributed by atoms with Crippen LogP contribution in [0.2, 0.25) is 20.2 Å². The van der Waals surface area contributed by atoms with Crippen LogP contribution in [0.15, 0.2) is 47.6 Å². The molecule has 32 heavy (non-hydrogen) atoms. The molecule has 3 rings (SSSR count). The number of pyridine rings is 1. The third kappa shape index (κ3) is 5.75. The molecule has 2 aromatic carbocycles. The van der Waals surface area contributed by atoms with Crippen LogP contribution < -0.4 is 20.6 Å². The van der Waals surface area contributed by atoms with E-state index < -0.39 is 5.91 Å². The van der Waals surface area contributed by atoms with E-state index in [9.17, 15) is 4.79 Å². The van der Waals surface area contributed by atoms with Crippen molar-refractivity contribution >= 4 is 64.2 Å². The molecule has 0 aliphatic rings. The average Bonchev–Trinajstić information content (AvgIpc) is 2.79. The molecule has 0 radical (unpaired) electrons. The van der Waals surface area contributed by atoms with Crippen molar-refractivity contribution in [2.45, 2.75) is 6.61 Å². The number of benzene rings is 2. The van der Waals surface area contributed by atoms with Gasteiger partial charge in [-0.15, -0.1) is 0 Å². The van der Waals surface area contributed by atoms with E-state index >= 15 is 0 Å². The third-order valence-corrected chi connectivity index (χ3v) is 5.57. The fraction of sp³-hybridized carbons (Fsp3) is 0.0952. The summed E-state index contributed by atoms with van der Waals surface area (Å²) in [7, 11) is 1.56. The second-order valence-corrected chi connectivity index (χ2v) is 7.86. The molecule has 7 nitrogen and oxygen atoms in total. The second-order valence-electron chi connectivity index (χ2n) is 6.31. The van der Waals surface area contributed by atoms with E-state index in [0.717, 1.165) is 5.56 Å². The highest BCUT2D eigenvalue weighted by molar-refractivity contribution is 6.46. The Labute approximate surface area is 204 Å². The van der Waals surface area contributed by atoms with E-state index in [1.165, 1.54) is 6.21 Å². The van der Waals surface area contributed by atoms with Crippen LogP contribution in [0.4, 0.5) is 5.69 Å². The molecule has 1 amide bonds. The van der Waals surface area contributed by atoms with Crippen molar-refractivity contribution in [3.8, 4) is 11.5 Å². The lowest BCUT2D eigenvalue weighted by Gasteiger charge is -2.11. The number of nitrogens with two attached hydrogens (primary N) is 1. The zero-order valence-corrected chi connectivity index (χ0v) is 19.6. The Kier molecular flexibility index (Phi) is 8.04. The molecule has 0 unspecified atom stereocenters. The van der Waals surface area contributed by atoms with Crippen molar-refractivity contribution in [2.24, 2.45) is 5.10 Å². The smallest absolute Gasteiger partial charge is 0.291 e. The predicted molar refractivity (Wildman–Crippen MR) is 128 cm³/mol. The monoisotopic (exact) mass is 512 g/mol. The predicted octanol–water partition coefficient (Wildman–Crippen LogP) is 5.63. The minimum Gasteiger partial charge on any atom is -0.496 e. The summed E-state index contributed by atoms with van der Waals surface area (Å²) in [6, 6.07) is 12.4. The maximum absolute atomic E-state index is 12.3. The zero-order valence-electron chi connectivity index (χ0n) is 16.5. The van der Waals surface area contributed by atoms with Crippen molar-refractivity contribution in [3.05, 3.63) is 79.5 Å². The van der Waals surface area contributed by atoms with Crippen LogP contribution >= 0.6 is 46.4 Å². The summed E-state index contributed by atoms with van der Waals surface area (Å²) in [4.78, 5) is 16.2. The lowest BCUT2D eigenvalue weighted by Crippen LogP contribution is -2.20. The van der Waals surface area contributed by atoms with Crippen LogP contribution in [0, 0.1) is 0 Å². The highest BCUT2D eigenvalue weighted by Crippen LogP contribution is 2.34. The first-order valence-electron chi connectivity index (χ1n) is 8.98. The van der Waals surface area contributed by atoms with Crippen molar-refractivity contribution in [2.75, 3.05) is 12.8 Å². The molecule has 0 bridgehead atoms. The number of hydrazone groups is 1. The largest absolute Gasteiger partial charge is 0.496 e. The Balaban J connectivity index is 1.71. The molecule has 0 aliphatic heterocycles. The van der Waals surface area contributed by atoms with E-state index in [1.54, 1.807) is 43.5 Å². The summed E-state index contributed by atoms with van der Waals surface area (Å²) in [6.45, 7) is 0.251. The number of carbonyl (C=O) groups excluding carboxylic acids is 1. The number of nitrogens with one attached hydrogen (secondary N) is 1. The van der Waals surface area contributed by atoms with E-state index in [4.69, 9.17) is 61.6 Å². The third-order valence-electron chi connectivity index (χ3n) is 4.18. The standard InChI is InChI=1S/C21H16Cl4N4O3/c1-31-15-7-2-11(8-12(15)10-32-14-5-3-13(22)4-6-14)9-27-29-21(30)19-16(23)18(26)17(24)20(25)28-19/h2-9H,10H2,1H3,(H2,26,28)(H,29,30). The maximum Gasteiger partial charge on any atom is 0.291 e. The molecule has 0 saturated heterocycles. The molecule has 0 spiro atoms. The number of hydrogen-bond donors (Lipinski definition) is 2. The van der Waals surface area contributed by atoms with Gasteiger partial charge >= 0.3 is 0 Å². The molecule has 0 atom stereocenters. The Bertz CT molecular complexity index is 1170.